The van der Waals surface area contributed by atoms with Gasteiger partial charge in [0, 0.05) is 30.3 Å². The standard InChI is InChI=1S/C19H19F3N6O2/c20-12-6-14(22)13(21)5-10(12)17-26-19(30-27-17)11-8-24-28-15(7-16(29)25-18(11)28)9-1-3-23-4-2-9/h5-7,9,11,18,23-24H,1-4,8H2,(H,25,29). The first-order valence-electron chi connectivity index (χ1n) is 9.75. The Kier molecular flexibility index (Phi) is 4.70. The Morgan fingerprint density at radius 3 is 2.67 bits per heavy atom. The Bertz CT molecular complexity index is 1020. The number of halogens is 3. The number of carbonyl (C=O) groups excluding carboxylic acids is 1. The monoisotopic (exact) mass is 420 g/mol. The lowest BCUT2D eigenvalue weighted by molar-refractivity contribution is -0.119. The molecule has 158 valence electrons. The van der Waals surface area contributed by atoms with Crippen molar-refractivity contribution in [1.29, 1.82) is 0 Å². The van der Waals surface area contributed by atoms with Crippen LogP contribution in [0.25, 0.3) is 11.4 Å². The highest BCUT2D eigenvalue weighted by molar-refractivity contribution is 5.89. The molecular formula is C19H19F3N6O2. The lowest BCUT2D eigenvalue weighted by atomic mass is 9.92. The number of amides is 1. The Morgan fingerprint density at radius 1 is 1.10 bits per heavy atom. The van der Waals surface area contributed by atoms with E-state index in [1.807, 2.05) is 5.01 Å². The molecule has 11 heteroatoms. The van der Waals surface area contributed by atoms with Crippen LogP contribution in [0.5, 0.6) is 0 Å². The topological polar surface area (TPSA) is 95.3 Å². The molecule has 1 aromatic carbocycles. The molecule has 2 unspecified atom stereocenters. The van der Waals surface area contributed by atoms with E-state index in [1.54, 1.807) is 6.08 Å². The average Bonchev–Trinajstić information content (AvgIpc) is 3.37. The van der Waals surface area contributed by atoms with Gasteiger partial charge in [-0.2, -0.15) is 4.98 Å². The van der Waals surface area contributed by atoms with Crippen LogP contribution in [-0.4, -0.2) is 46.9 Å². The van der Waals surface area contributed by atoms with Crippen LogP contribution in [0.4, 0.5) is 13.2 Å². The molecule has 0 saturated carbocycles. The Labute approximate surface area is 169 Å². The number of fused-ring (bicyclic) bond motifs is 1. The van der Waals surface area contributed by atoms with E-state index >= 15 is 0 Å². The minimum Gasteiger partial charge on any atom is -0.338 e. The highest BCUT2D eigenvalue weighted by atomic mass is 19.2. The summed E-state index contributed by atoms with van der Waals surface area (Å²) in [5.74, 6) is -3.86. The molecule has 0 spiro atoms. The van der Waals surface area contributed by atoms with Gasteiger partial charge in [-0.15, -0.1) is 0 Å². The molecule has 2 fully saturated rings. The summed E-state index contributed by atoms with van der Waals surface area (Å²) in [5, 5.41) is 11.9. The van der Waals surface area contributed by atoms with Crippen LogP contribution in [0.15, 0.2) is 28.4 Å². The van der Waals surface area contributed by atoms with Gasteiger partial charge in [-0.25, -0.2) is 18.6 Å². The number of carbonyl (C=O) groups is 1. The zero-order valence-electron chi connectivity index (χ0n) is 15.8. The van der Waals surface area contributed by atoms with E-state index in [9.17, 15) is 18.0 Å². The second-order valence-corrected chi connectivity index (χ2v) is 7.59. The fourth-order valence-electron chi connectivity index (χ4n) is 4.24. The third-order valence-corrected chi connectivity index (χ3v) is 5.76. The Balaban J connectivity index is 1.41. The maximum absolute atomic E-state index is 14.1. The summed E-state index contributed by atoms with van der Waals surface area (Å²) < 4.78 is 46.1. The highest BCUT2D eigenvalue weighted by Crippen LogP contribution is 2.35. The molecule has 0 bridgehead atoms. The van der Waals surface area contributed by atoms with Crippen molar-refractivity contribution >= 4 is 5.91 Å². The van der Waals surface area contributed by atoms with Gasteiger partial charge in [0.2, 0.25) is 17.6 Å². The van der Waals surface area contributed by atoms with Crippen LogP contribution in [0, 0.1) is 23.4 Å². The Morgan fingerprint density at radius 2 is 1.87 bits per heavy atom. The molecule has 30 heavy (non-hydrogen) atoms. The second-order valence-electron chi connectivity index (χ2n) is 7.59. The van der Waals surface area contributed by atoms with Crippen molar-refractivity contribution in [2.75, 3.05) is 19.6 Å². The van der Waals surface area contributed by atoms with Crippen LogP contribution in [0.3, 0.4) is 0 Å². The summed E-state index contributed by atoms with van der Waals surface area (Å²) in [7, 11) is 0. The van der Waals surface area contributed by atoms with Gasteiger partial charge in [0.15, 0.2) is 11.6 Å². The molecule has 2 aromatic rings. The van der Waals surface area contributed by atoms with Gasteiger partial charge in [0.25, 0.3) is 0 Å². The molecule has 5 rings (SSSR count). The molecule has 3 aliphatic rings. The maximum atomic E-state index is 14.1. The van der Waals surface area contributed by atoms with Crippen molar-refractivity contribution in [3.8, 4) is 11.4 Å². The van der Waals surface area contributed by atoms with Crippen LogP contribution >= 0.6 is 0 Å². The third kappa shape index (κ3) is 3.23. The fourth-order valence-corrected chi connectivity index (χ4v) is 4.24. The number of benzene rings is 1. The fraction of sp³-hybridized carbons (Fsp3) is 0.421. The molecule has 1 amide bonds. The second kappa shape index (κ2) is 7.40. The van der Waals surface area contributed by atoms with Gasteiger partial charge in [-0.1, -0.05) is 5.16 Å². The number of rotatable bonds is 3. The van der Waals surface area contributed by atoms with Crippen LogP contribution in [0.1, 0.15) is 24.7 Å². The molecule has 0 aliphatic carbocycles. The first-order chi connectivity index (χ1) is 14.5. The number of nitrogens with zero attached hydrogens (tertiary/aromatic N) is 3. The maximum Gasteiger partial charge on any atom is 0.247 e. The van der Waals surface area contributed by atoms with E-state index in [0.29, 0.717) is 18.7 Å². The quantitative estimate of drug-likeness (QED) is 0.646. The van der Waals surface area contributed by atoms with E-state index in [0.717, 1.165) is 31.6 Å². The normalized spacial score (nSPS) is 24.6. The van der Waals surface area contributed by atoms with Crippen molar-refractivity contribution in [2.45, 2.75) is 24.9 Å². The number of aromatic nitrogens is 2. The minimum atomic E-state index is -1.29. The first kappa shape index (κ1) is 19.1. The zero-order chi connectivity index (χ0) is 20.8. The number of allylic oxidation sites excluding steroid dienone is 1. The lowest BCUT2D eigenvalue weighted by Gasteiger charge is -2.38. The van der Waals surface area contributed by atoms with Crippen LogP contribution in [-0.2, 0) is 4.79 Å². The predicted octanol–water partition coefficient (Wildman–Crippen LogP) is 1.40. The van der Waals surface area contributed by atoms with Crippen molar-refractivity contribution in [1.82, 2.24) is 31.2 Å². The SMILES string of the molecule is O=C1C=C(C2CCNCC2)N2NCC(c3nc(-c4cc(F)c(F)cc4F)no3)C2N1. The molecule has 3 aliphatic heterocycles. The van der Waals surface area contributed by atoms with Crippen molar-refractivity contribution < 1.29 is 22.5 Å². The van der Waals surface area contributed by atoms with Crippen molar-refractivity contribution in [3.05, 3.63) is 47.2 Å². The van der Waals surface area contributed by atoms with E-state index in [-0.39, 0.29) is 29.1 Å². The molecule has 0 radical (unpaired) electrons. The highest BCUT2D eigenvalue weighted by Gasteiger charge is 2.44. The van der Waals surface area contributed by atoms with E-state index in [4.69, 9.17) is 4.52 Å². The largest absolute Gasteiger partial charge is 0.338 e. The average molecular weight is 420 g/mol. The molecule has 2 saturated heterocycles. The number of hydrogen-bond acceptors (Lipinski definition) is 7. The zero-order valence-corrected chi connectivity index (χ0v) is 15.8. The number of hydrogen-bond donors (Lipinski definition) is 3. The molecule has 1 aromatic heterocycles. The molecule has 2 atom stereocenters. The van der Waals surface area contributed by atoms with Gasteiger partial charge >= 0.3 is 0 Å². The number of hydrazine groups is 1. The first-order valence-corrected chi connectivity index (χ1v) is 9.75. The minimum absolute atomic E-state index is 0.168. The van der Waals surface area contributed by atoms with Gasteiger partial charge in [0.1, 0.15) is 12.0 Å². The van der Waals surface area contributed by atoms with Gasteiger partial charge in [0.05, 0.1) is 11.5 Å². The van der Waals surface area contributed by atoms with E-state index < -0.39 is 29.5 Å². The summed E-state index contributed by atoms with van der Waals surface area (Å²) in [5.41, 5.74) is 3.89. The number of piperidine rings is 1. The summed E-state index contributed by atoms with van der Waals surface area (Å²) >= 11 is 0. The smallest absolute Gasteiger partial charge is 0.247 e. The van der Waals surface area contributed by atoms with Gasteiger partial charge in [-0.3, -0.25) is 9.80 Å². The summed E-state index contributed by atoms with van der Waals surface area (Å²) in [6.45, 7) is 2.19. The Hall–Kier alpha value is -2.92. The summed E-state index contributed by atoms with van der Waals surface area (Å²) in [4.78, 5) is 16.5. The summed E-state index contributed by atoms with van der Waals surface area (Å²) in [6.07, 6.45) is 3.01. The van der Waals surface area contributed by atoms with Crippen LogP contribution < -0.4 is 16.1 Å². The van der Waals surface area contributed by atoms with Gasteiger partial charge in [-0.05, 0) is 32.0 Å². The molecule has 3 N–H and O–H groups in total. The van der Waals surface area contributed by atoms with Crippen LogP contribution in [0.2, 0.25) is 0 Å². The van der Waals surface area contributed by atoms with E-state index in [1.165, 1.54) is 0 Å². The van der Waals surface area contributed by atoms with Gasteiger partial charge < -0.3 is 15.2 Å². The molecular weight excluding hydrogens is 401 g/mol. The van der Waals surface area contributed by atoms with E-state index in [2.05, 4.69) is 26.2 Å². The lowest BCUT2D eigenvalue weighted by Crippen LogP contribution is -2.53. The summed E-state index contributed by atoms with van der Waals surface area (Å²) in [6, 6.07) is 1.13. The molecule has 4 heterocycles. The molecule has 8 nitrogen and oxygen atoms in total. The third-order valence-electron chi connectivity index (χ3n) is 5.76. The van der Waals surface area contributed by atoms with Crippen molar-refractivity contribution in [2.24, 2.45) is 5.92 Å². The van der Waals surface area contributed by atoms with Crippen molar-refractivity contribution in [3.63, 3.8) is 0 Å². The number of nitrogens with one attached hydrogen (secondary N) is 3. The predicted molar refractivity (Wildman–Crippen MR) is 97.8 cm³/mol.